The number of imidazole rings is 2. The van der Waals surface area contributed by atoms with E-state index in [1.807, 2.05) is 0 Å². The molecule has 0 bridgehead atoms. The molecule has 10 heterocycles. The van der Waals surface area contributed by atoms with Gasteiger partial charge in [-0.25, -0.2) is 28.7 Å². The highest BCUT2D eigenvalue weighted by molar-refractivity contribution is 7.48. The van der Waals surface area contributed by atoms with Crippen molar-refractivity contribution in [2.75, 3.05) is 51.1 Å². The van der Waals surface area contributed by atoms with Gasteiger partial charge in [-0.1, -0.05) is 47.5 Å². The average Bonchev–Trinajstić information content (AvgIpc) is 4.40. The summed E-state index contributed by atoms with van der Waals surface area (Å²) in [5.74, 6) is 0.342. The Morgan fingerprint density at radius 1 is 0.641 bits per heavy atom. The first-order chi connectivity index (χ1) is 37.4. The Labute approximate surface area is 452 Å². The minimum atomic E-state index is -3.98. The molecule has 0 saturated carbocycles. The molecule has 6 aromatic rings. The first kappa shape index (κ1) is 54.0. The molecule has 6 aliphatic rings. The van der Waals surface area contributed by atoms with Crippen molar-refractivity contribution in [3.05, 3.63) is 82.4 Å². The number of ether oxygens (including phenoxy) is 8. The van der Waals surface area contributed by atoms with E-state index in [1.54, 1.807) is 85.4 Å². The average molecular weight is 1160 g/mol. The zero-order valence-electron chi connectivity index (χ0n) is 41.8. The number of hydrogen-bond acceptors (Lipinski definition) is 26. The molecule has 12 atom stereocenters. The molecule has 6 saturated heterocycles. The number of phosphoric acid groups is 2. The highest BCUT2D eigenvalue weighted by Gasteiger charge is 2.66. The summed E-state index contributed by atoms with van der Waals surface area (Å²) in [4.78, 5) is 49.9. The largest absolute Gasteiger partial charge is 0.509 e. The predicted octanol–water partition coefficient (Wildman–Crippen LogP) is 7.91. The second-order valence-electron chi connectivity index (χ2n) is 18.5. The topological polar surface area (TPSA) is 337 Å². The Morgan fingerprint density at radius 3 is 1.42 bits per heavy atom. The van der Waals surface area contributed by atoms with Gasteiger partial charge in [0.1, 0.15) is 12.2 Å². The number of nitrogen functional groups attached to an aromatic ring is 2. The minimum Gasteiger partial charge on any atom is -0.476 e. The van der Waals surface area contributed by atoms with Crippen molar-refractivity contribution < 1.29 is 83.8 Å². The molecule has 416 valence electrons. The van der Waals surface area contributed by atoms with Crippen LogP contribution in [0.5, 0.6) is 11.8 Å². The van der Waals surface area contributed by atoms with E-state index in [-0.39, 0.29) is 50.1 Å². The van der Waals surface area contributed by atoms with Gasteiger partial charge in [0.2, 0.25) is 23.7 Å². The lowest BCUT2D eigenvalue weighted by molar-refractivity contribution is -0.0927. The van der Waals surface area contributed by atoms with Crippen LogP contribution in [-0.2, 0) is 64.7 Å². The lowest BCUT2D eigenvalue weighted by atomic mass is 9.96. The maximum atomic E-state index is 13.4. The molecule has 32 heteroatoms. The molecule has 0 spiro atoms. The van der Waals surface area contributed by atoms with Crippen LogP contribution in [0.2, 0.25) is 10.0 Å². The fourth-order valence-electron chi connectivity index (χ4n) is 9.84. The highest BCUT2D eigenvalue weighted by Crippen LogP contribution is 2.60. The fourth-order valence-corrected chi connectivity index (χ4v) is 12.9. The molecule has 12 rings (SSSR count). The lowest BCUT2D eigenvalue weighted by Gasteiger charge is -2.30. The molecular weight excluding hydrogens is 1110 g/mol. The summed E-state index contributed by atoms with van der Waals surface area (Å²) >= 11 is 12.0. The van der Waals surface area contributed by atoms with Crippen LogP contribution >= 0.6 is 38.8 Å². The van der Waals surface area contributed by atoms with E-state index in [1.165, 1.54) is 12.7 Å². The van der Waals surface area contributed by atoms with Crippen LogP contribution in [0.3, 0.4) is 0 Å². The van der Waals surface area contributed by atoms with Crippen LogP contribution in [-0.4, -0.2) is 127 Å². The van der Waals surface area contributed by atoms with Gasteiger partial charge in [0.25, 0.3) is 0 Å². The van der Waals surface area contributed by atoms with Crippen LogP contribution in [0.15, 0.2) is 61.2 Å². The molecule has 28 nitrogen and oxygen atoms in total. The zero-order valence-corrected chi connectivity index (χ0v) is 45.1. The van der Waals surface area contributed by atoms with Gasteiger partial charge >= 0.3 is 28.0 Å². The van der Waals surface area contributed by atoms with Crippen molar-refractivity contribution in [3.8, 4) is 11.8 Å². The van der Waals surface area contributed by atoms with Gasteiger partial charge in [-0.3, -0.25) is 36.3 Å². The summed E-state index contributed by atoms with van der Waals surface area (Å²) in [7, 11) is -7.96. The van der Waals surface area contributed by atoms with Crippen molar-refractivity contribution in [1.29, 1.82) is 0 Å². The Balaban J connectivity index is 0.000000165. The van der Waals surface area contributed by atoms with E-state index >= 15 is 0 Å². The van der Waals surface area contributed by atoms with Crippen LogP contribution in [0, 0.1) is 0 Å². The second-order valence-corrected chi connectivity index (χ2v) is 22.6. The number of halogens is 2. The number of nitrogens with two attached hydrogens (primary N) is 2. The maximum Gasteiger partial charge on any atom is 0.509 e. The van der Waals surface area contributed by atoms with Gasteiger partial charge in [0.15, 0.2) is 58.2 Å². The standard InChI is InChI=1S/2C23H25ClN5O9P/c2*1-3-32-19-16-18(27-21(25)28-19)29(11-26-16)20-23(2)17(36-22(30)37-23)15(35-20)10-34-39(31)33-9-8-14(38-39)12-4-6-13(24)7-5-12/h2*4-7,11,14-15,17,20H,3,8-10H2,1-2H3,(H2,25,27,28)/t14-,15+,17+,20+,23+,39+;14-,15-,17-,20-,23-,39+/m01/s1. The van der Waals surface area contributed by atoms with E-state index in [9.17, 15) is 18.7 Å². The highest BCUT2D eigenvalue weighted by atomic mass is 35.5. The summed E-state index contributed by atoms with van der Waals surface area (Å²) in [6, 6.07) is 14.0. The molecule has 4 N–H and O–H groups in total. The number of aromatic nitrogens is 8. The van der Waals surface area contributed by atoms with Gasteiger partial charge in [-0.15, -0.1) is 0 Å². The summed E-state index contributed by atoms with van der Waals surface area (Å²) in [5, 5.41) is 1.15. The first-order valence-corrected chi connectivity index (χ1v) is 28.1. The van der Waals surface area contributed by atoms with Crippen molar-refractivity contribution in [2.24, 2.45) is 0 Å². The van der Waals surface area contributed by atoms with E-state index in [0.29, 0.717) is 58.4 Å². The molecule has 78 heavy (non-hydrogen) atoms. The lowest BCUT2D eigenvalue weighted by Crippen LogP contribution is -2.42. The summed E-state index contributed by atoms with van der Waals surface area (Å²) in [5.41, 5.74) is 12.1. The Morgan fingerprint density at radius 2 is 1.04 bits per heavy atom. The van der Waals surface area contributed by atoms with Crippen LogP contribution in [0.25, 0.3) is 22.3 Å². The zero-order chi connectivity index (χ0) is 54.7. The summed E-state index contributed by atoms with van der Waals surface area (Å²) in [6.07, 6.45) is -4.46. The summed E-state index contributed by atoms with van der Waals surface area (Å²) < 4.78 is 109. The normalized spacial score (nSPS) is 32.1. The SMILES string of the molecule is CCOc1nc(N)nc2c1ncn2[C@@H]1O[C@H](CO[P@@]2(=O)OCC[C@@H](c3ccc(Cl)cc3)O2)[C@H]2OC(=O)O[C@]21C.CCOc1nc(N)nc2c1ncn2[C@@H]1O[C@H](CO[P@]2(=O)OCC[C@H](c3ccc(Cl)cc3)O2)[C@H]2OC(=O)O[C@]21C. The van der Waals surface area contributed by atoms with Gasteiger partial charge < -0.3 is 49.4 Å². The maximum absolute atomic E-state index is 13.4. The fraction of sp³-hybridized carbons (Fsp3) is 0.478. The number of carbonyl (C=O) groups is 2. The first-order valence-electron chi connectivity index (χ1n) is 24.4. The Bertz CT molecular complexity index is 3130. The number of fused-ring (bicyclic) bond motifs is 4. The van der Waals surface area contributed by atoms with E-state index in [4.69, 9.17) is 99.7 Å². The molecule has 0 unspecified atom stereocenters. The van der Waals surface area contributed by atoms with E-state index in [0.717, 1.165) is 11.1 Å². The van der Waals surface area contributed by atoms with Gasteiger partial charge in [-0.05, 0) is 63.1 Å². The number of hydrogen-bond donors (Lipinski definition) is 2. The molecule has 0 aliphatic carbocycles. The van der Waals surface area contributed by atoms with E-state index < -0.39 is 88.2 Å². The van der Waals surface area contributed by atoms with Crippen molar-refractivity contribution in [2.45, 2.75) is 101 Å². The Hall–Kier alpha value is -6.00. The minimum absolute atomic E-state index is 0.0353. The predicted molar refractivity (Wildman–Crippen MR) is 268 cm³/mol. The number of benzene rings is 2. The van der Waals surface area contributed by atoms with Gasteiger partial charge in [0, 0.05) is 22.9 Å². The van der Waals surface area contributed by atoms with E-state index in [2.05, 4.69) is 29.9 Å². The smallest absolute Gasteiger partial charge is 0.476 e. The third-order valence-electron chi connectivity index (χ3n) is 13.4. The third kappa shape index (κ3) is 10.3. The summed E-state index contributed by atoms with van der Waals surface area (Å²) in [6.45, 7) is 7.32. The van der Waals surface area contributed by atoms with Gasteiger partial charge in [-0.2, -0.15) is 19.9 Å². The molecule has 0 amide bonds. The second kappa shape index (κ2) is 21.2. The van der Waals surface area contributed by atoms with Gasteiger partial charge in [0.05, 0.1) is 64.5 Å². The van der Waals surface area contributed by atoms with Crippen molar-refractivity contribution in [1.82, 2.24) is 39.0 Å². The van der Waals surface area contributed by atoms with Crippen LogP contribution in [0.4, 0.5) is 21.5 Å². The molecular formula is C46H50Cl2N10O18P2. The number of carbonyl (C=O) groups excluding carboxylic acids is 2. The number of rotatable bonds is 14. The quantitative estimate of drug-likeness (QED) is 0.0772. The van der Waals surface area contributed by atoms with Crippen LogP contribution < -0.4 is 20.9 Å². The van der Waals surface area contributed by atoms with Crippen molar-refractivity contribution in [3.63, 3.8) is 0 Å². The number of anilines is 2. The third-order valence-corrected chi connectivity index (χ3v) is 16.8. The van der Waals surface area contributed by atoms with Crippen LogP contribution in [0.1, 0.15) is 76.3 Å². The Kier molecular flexibility index (Phi) is 14.7. The molecule has 6 aliphatic heterocycles. The number of nitrogens with zero attached hydrogens (tertiary/aromatic N) is 8. The molecule has 0 radical (unpaired) electrons. The molecule has 2 aromatic carbocycles. The number of phosphoric ester groups is 2. The van der Waals surface area contributed by atoms with Crippen molar-refractivity contribution >= 4 is 85.4 Å². The molecule has 4 aromatic heterocycles. The monoisotopic (exact) mass is 1160 g/mol. The molecule has 6 fully saturated rings.